The molecule has 2 aliphatic heterocycles. The highest BCUT2D eigenvalue weighted by Gasteiger charge is 2.39. The summed E-state index contributed by atoms with van der Waals surface area (Å²) in [6.07, 6.45) is 2.04. The number of piperidine rings is 1. The molecule has 0 bridgehead atoms. The SMILES string of the molecule is O=C(c1ccc(Cl)cc1[N+](=O)[O-])N1CCCC2CNCC21. The number of nitro groups is 1. The van der Waals surface area contributed by atoms with Gasteiger partial charge in [0.15, 0.2) is 0 Å². The van der Waals surface area contributed by atoms with Crippen LogP contribution >= 0.6 is 11.6 Å². The predicted molar refractivity (Wildman–Crippen MR) is 78.5 cm³/mol. The zero-order valence-electron chi connectivity index (χ0n) is 11.4. The molecule has 2 heterocycles. The third kappa shape index (κ3) is 2.61. The van der Waals surface area contributed by atoms with Crippen molar-refractivity contribution >= 4 is 23.2 Å². The molecule has 7 heteroatoms. The van der Waals surface area contributed by atoms with Crippen LogP contribution in [0, 0.1) is 16.0 Å². The fourth-order valence-corrected chi connectivity index (χ4v) is 3.48. The minimum absolute atomic E-state index is 0.122. The maximum atomic E-state index is 12.7. The summed E-state index contributed by atoms with van der Waals surface area (Å²) in [4.78, 5) is 25.1. The van der Waals surface area contributed by atoms with Gasteiger partial charge in [-0.15, -0.1) is 0 Å². The molecule has 112 valence electrons. The summed E-state index contributed by atoms with van der Waals surface area (Å²) >= 11 is 5.80. The van der Waals surface area contributed by atoms with Crippen LogP contribution in [0.2, 0.25) is 5.02 Å². The number of carbonyl (C=O) groups is 1. The number of carbonyl (C=O) groups excluding carboxylic acids is 1. The van der Waals surface area contributed by atoms with Crippen LogP contribution in [0.1, 0.15) is 23.2 Å². The fourth-order valence-electron chi connectivity index (χ4n) is 3.31. The summed E-state index contributed by atoms with van der Waals surface area (Å²) in [6, 6.07) is 4.36. The molecule has 2 unspecified atom stereocenters. The van der Waals surface area contributed by atoms with E-state index in [1.54, 1.807) is 4.90 Å². The van der Waals surface area contributed by atoms with Crippen molar-refractivity contribution in [1.29, 1.82) is 0 Å². The highest BCUT2D eigenvalue weighted by atomic mass is 35.5. The summed E-state index contributed by atoms with van der Waals surface area (Å²) in [7, 11) is 0. The molecule has 1 aromatic rings. The highest BCUT2D eigenvalue weighted by Crippen LogP contribution is 2.30. The van der Waals surface area contributed by atoms with Gasteiger partial charge < -0.3 is 10.2 Å². The number of hydrogen-bond acceptors (Lipinski definition) is 4. The lowest BCUT2D eigenvalue weighted by Crippen LogP contribution is -2.48. The van der Waals surface area contributed by atoms with E-state index in [0.717, 1.165) is 25.9 Å². The van der Waals surface area contributed by atoms with Crippen LogP contribution in [0.5, 0.6) is 0 Å². The van der Waals surface area contributed by atoms with Crippen LogP contribution in [-0.2, 0) is 0 Å². The first kappa shape index (κ1) is 14.3. The fraction of sp³-hybridized carbons (Fsp3) is 0.500. The van der Waals surface area contributed by atoms with Crippen molar-refractivity contribution in [2.45, 2.75) is 18.9 Å². The van der Waals surface area contributed by atoms with Gasteiger partial charge >= 0.3 is 0 Å². The van der Waals surface area contributed by atoms with E-state index in [0.29, 0.717) is 12.5 Å². The number of fused-ring (bicyclic) bond motifs is 1. The van der Waals surface area contributed by atoms with E-state index in [4.69, 9.17) is 11.6 Å². The summed E-state index contributed by atoms with van der Waals surface area (Å²) in [5.41, 5.74) is -0.0995. The number of halogens is 1. The summed E-state index contributed by atoms with van der Waals surface area (Å²) < 4.78 is 0. The van der Waals surface area contributed by atoms with Crippen LogP contribution in [-0.4, -0.2) is 41.4 Å². The lowest BCUT2D eigenvalue weighted by molar-refractivity contribution is -0.385. The maximum absolute atomic E-state index is 12.7. The van der Waals surface area contributed by atoms with Gasteiger partial charge in [0.1, 0.15) is 5.56 Å². The molecular formula is C14H16ClN3O3. The van der Waals surface area contributed by atoms with Gasteiger partial charge in [0.25, 0.3) is 11.6 Å². The molecule has 0 saturated carbocycles. The standard InChI is InChI=1S/C14H16ClN3O3/c15-10-3-4-11(12(6-10)18(20)21)14(19)17-5-1-2-9-7-16-8-13(9)17/h3-4,6,9,13,16H,1-2,5,7-8H2. The predicted octanol–water partition coefficient (Wildman–Crippen LogP) is 2.07. The lowest BCUT2D eigenvalue weighted by atomic mass is 9.91. The molecule has 21 heavy (non-hydrogen) atoms. The zero-order valence-corrected chi connectivity index (χ0v) is 12.2. The second-order valence-electron chi connectivity index (χ2n) is 5.55. The summed E-state index contributed by atoms with van der Waals surface area (Å²) in [5, 5.41) is 14.7. The smallest absolute Gasteiger partial charge is 0.283 e. The van der Waals surface area contributed by atoms with E-state index < -0.39 is 4.92 Å². The Morgan fingerprint density at radius 1 is 1.43 bits per heavy atom. The van der Waals surface area contributed by atoms with E-state index >= 15 is 0 Å². The topological polar surface area (TPSA) is 75.5 Å². The summed E-state index contributed by atoms with van der Waals surface area (Å²) in [6.45, 7) is 2.33. The summed E-state index contributed by atoms with van der Waals surface area (Å²) in [5.74, 6) is 0.186. The third-order valence-corrected chi connectivity index (χ3v) is 4.56. The van der Waals surface area contributed by atoms with Crippen LogP contribution in [0.25, 0.3) is 0 Å². The second-order valence-corrected chi connectivity index (χ2v) is 5.98. The van der Waals surface area contributed by atoms with Crippen LogP contribution in [0.15, 0.2) is 18.2 Å². The van der Waals surface area contributed by atoms with Gasteiger partial charge in [0.2, 0.25) is 0 Å². The average Bonchev–Trinajstić information content (AvgIpc) is 2.94. The molecule has 2 saturated heterocycles. The van der Waals surface area contributed by atoms with Crippen LogP contribution in [0.4, 0.5) is 5.69 Å². The molecule has 0 aromatic heterocycles. The Kier molecular flexibility index (Phi) is 3.82. The van der Waals surface area contributed by atoms with Gasteiger partial charge in [-0.25, -0.2) is 0 Å². The minimum atomic E-state index is -0.548. The molecule has 6 nitrogen and oxygen atoms in total. The first-order chi connectivity index (χ1) is 10.1. The van der Waals surface area contributed by atoms with Gasteiger partial charge in [0, 0.05) is 36.8 Å². The zero-order chi connectivity index (χ0) is 15.0. The van der Waals surface area contributed by atoms with Crippen molar-refractivity contribution in [2.24, 2.45) is 5.92 Å². The molecule has 0 aliphatic carbocycles. The Labute approximate surface area is 127 Å². The van der Waals surface area contributed by atoms with E-state index in [2.05, 4.69) is 5.32 Å². The molecule has 1 aromatic carbocycles. The first-order valence-electron chi connectivity index (χ1n) is 7.03. The molecule has 2 fully saturated rings. The van der Waals surface area contributed by atoms with E-state index in [9.17, 15) is 14.9 Å². The monoisotopic (exact) mass is 309 g/mol. The Morgan fingerprint density at radius 3 is 3.00 bits per heavy atom. The van der Waals surface area contributed by atoms with Gasteiger partial charge in [-0.05, 0) is 30.9 Å². The quantitative estimate of drug-likeness (QED) is 0.670. The van der Waals surface area contributed by atoms with Crippen LogP contribution in [0.3, 0.4) is 0 Å². The Bertz CT molecular complexity index is 593. The molecule has 1 N–H and O–H groups in total. The minimum Gasteiger partial charge on any atom is -0.334 e. The van der Waals surface area contributed by atoms with E-state index in [1.165, 1.54) is 18.2 Å². The molecule has 1 amide bonds. The number of rotatable bonds is 2. The Balaban J connectivity index is 1.93. The molecular weight excluding hydrogens is 294 g/mol. The van der Waals surface area contributed by atoms with Gasteiger partial charge in [-0.1, -0.05) is 11.6 Å². The number of nitro benzene ring substituents is 1. The molecule has 2 aliphatic rings. The van der Waals surface area contributed by atoms with Crippen LogP contribution < -0.4 is 5.32 Å². The molecule has 2 atom stereocenters. The van der Waals surface area contributed by atoms with Crippen molar-refractivity contribution in [1.82, 2.24) is 10.2 Å². The number of hydrogen-bond donors (Lipinski definition) is 1. The van der Waals surface area contributed by atoms with E-state index in [-0.39, 0.29) is 28.2 Å². The number of likely N-dealkylation sites (tertiary alicyclic amines) is 1. The van der Waals surface area contributed by atoms with E-state index in [1.807, 2.05) is 0 Å². The van der Waals surface area contributed by atoms with Crippen molar-refractivity contribution in [3.05, 3.63) is 38.9 Å². The number of benzene rings is 1. The Morgan fingerprint density at radius 2 is 2.24 bits per heavy atom. The maximum Gasteiger partial charge on any atom is 0.283 e. The number of nitrogens with zero attached hydrogens (tertiary/aromatic N) is 2. The number of nitrogens with one attached hydrogen (secondary N) is 1. The highest BCUT2D eigenvalue weighted by molar-refractivity contribution is 6.31. The largest absolute Gasteiger partial charge is 0.334 e. The third-order valence-electron chi connectivity index (χ3n) is 4.33. The average molecular weight is 310 g/mol. The van der Waals surface area contributed by atoms with Crippen molar-refractivity contribution in [3.8, 4) is 0 Å². The molecule has 0 spiro atoms. The van der Waals surface area contributed by atoms with Crippen molar-refractivity contribution < 1.29 is 9.72 Å². The lowest BCUT2D eigenvalue weighted by Gasteiger charge is -2.37. The Hall–Kier alpha value is -1.66. The van der Waals surface area contributed by atoms with Crippen molar-refractivity contribution in [2.75, 3.05) is 19.6 Å². The normalized spacial score (nSPS) is 24.7. The van der Waals surface area contributed by atoms with Gasteiger partial charge in [-0.3, -0.25) is 14.9 Å². The first-order valence-corrected chi connectivity index (χ1v) is 7.41. The number of amides is 1. The van der Waals surface area contributed by atoms with Gasteiger partial charge in [0.05, 0.1) is 4.92 Å². The van der Waals surface area contributed by atoms with Gasteiger partial charge in [-0.2, -0.15) is 0 Å². The molecule has 3 rings (SSSR count). The van der Waals surface area contributed by atoms with Crippen molar-refractivity contribution in [3.63, 3.8) is 0 Å². The molecule has 0 radical (unpaired) electrons. The second kappa shape index (κ2) is 5.61.